The summed E-state index contributed by atoms with van der Waals surface area (Å²) in [5.41, 5.74) is 9.95. The largest absolute Gasteiger partial charge is 0.496 e. The Labute approximate surface area is 372 Å². The Kier molecular flexibility index (Phi) is 10.9. The number of anilines is 2. The number of likely N-dealkylation sites (tertiary alicyclic amines) is 2. The molecular formula is C46H48FN11O7. The molecule has 0 spiro atoms. The number of piperidine rings is 3. The average molecular weight is 886 g/mol. The third kappa shape index (κ3) is 7.57. The molecule has 1 atom stereocenters. The first-order chi connectivity index (χ1) is 31.5. The van der Waals surface area contributed by atoms with Crippen molar-refractivity contribution in [2.75, 3.05) is 57.0 Å². The molecule has 4 saturated heterocycles. The maximum atomic E-state index is 14.3. The highest BCUT2D eigenvalue weighted by molar-refractivity contribution is 6.23. The quantitative estimate of drug-likeness (QED) is 0.173. The number of fused-ring (bicyclic) bond motifs is 2. The standard InChI is InChI=1S/C46H48FN11O7/c1-65-37-10-4-27(47)20-35(37)42(60)49-22-26-2-5-29(6-3-26)56-39-40(48)50-25-51-41(39)57(46(56)64)30-14-18-53(19-15-30)28-12-16-54(17-13-28)32-23-55(24-32)31-7-8-33-34(21-31)45(63)58(44(33)62)36-9-11-38(59)52-43(36)61/h2-8,10,20-21,25,28,30,32,36H,9,11-19,22-24H2,1H3,(H,49,60)(H2,48,50,51)(H,52,59,61). The molecular weight excluding hydrogens is 838 g/mol. The van der Waals surface area contributed by atoms with E-state index in [0.717, 1.165) is 87.2 Å². The molecule has 0 radical (unpaired) electrons. The van der Waals surface area contributed by atoms with E-state index in [4.69, 9.17) is 10.5 Å². The van der Waals surface area contributed by atoms with Gasteiger partial charge in [-0.15, -0.1) is 0 Å². The van der Waals surface area contributed by atoms with Crippen molar-refractivity contribution in [3.8, 4) is 11.4 Å². The third-order valence-electron chi connectivity index (χ3n) is 13.8. The van der Waals surface area contributed by atoms with Gasteiger partial charge in [0.25, 0.3) is 17.7 Å². The normalized spacial score (nSPS) is 20.3. The number of carbonyl (C=O) groups is 5. The van der Waals surface area contributed by atoms with Crippen molar-refractivity contribution in [3.63, 3.8) is 0 Å². The van der Waals surface area contributed by atoms with E-state index < -0.39 is 41.4 Å². The molecule has 7 heterocycles. The molecule has 0 saturated carbocycles. The first-order valence-electron chi connectivity index (χ1n) is 22.0. The summed E-state index contributed by atoms with van der Waals surface area (Å²) in [5, 5.41) is 5.04. The Balaban J connectivity index is 0.735. The fraction of sp³-hybridized carbons (Fsp3) is 0.391. The van der Waals surface area contributed by atoms with Gasteiger partial charge in [-0.05, 0) is 86.2 Å². The van der Waals surface area contributed by atoms with Gasteiger partial charge in [0.15, 0.2) is 11.5 Å². The summed E-state index contributed by atoms with van der Waals surface area (Å²) in [5.74, 6) is -2.60. The first-order valence-corrected chi connectivity index (χ1v) is 22.0. The minimum absolute atomic E-state index is 0.0771. The van der Waals surface area contributed by atoms with Crippen molar-refractivity contribution in [3.05, 3.63) is 106 Å². The lowest BCUT2D eigenvalue weighted by Gasteiger charge is -2.50. The maximum Gasteiger partial charge on any atom is 0.335 e. The number of methoxy groups -OCH3 is 1. The smallest absolute Gasteiger partial charge is 0.335 e. The second-order valence-corrected chi connectivity index (χ2v) is 17.4. The topological polar surface area (TPSA) is 210 Å². The van der Waals surface area contributed by atoms with E-state index in [1.54, 1.807) is 45.5 Å². The molecule has 2 aromatic heterocycles. The van der Waals surface area contributed by atoms with Gasteiger partial charge in [-0.3, -0.25) is 48.2 Å². The van der Waals surface area contributed by atoms with Crippen LogP contribution >= 0.6 is 0 Å². The number of rotatable bonds is 10. The Morgan fingerprint density at radius 1 is 0.815 bits per heavy atom. The van der Waals surface area contributed by atoms with Crippen molar-refractivity contribution in [2.45, 2.75) is 69.2 Å². The average Bonchev–Trinajstić information content (AvgIpc) is 3.74. The predicted octanol–water partition coefficient (Wildman–Crippen LogP) is 2.63. The fourth-order valence-electron chi connectivity index (χ4n) is 10.2. The number of aromatic nitrogens is 4. The summed E-state index contributed by atoms with van der Waals surface area (Å²) in [6.45, 7) is 5.40. The SMILES string of the molecule is COc1ccc(F)cc1C(=O)NCc1ccc(-n2c(=O)n(C3CCN(C4CCN(C5CN(c6ccc7c(c6)C(=O)N(C6CCC(=O)NC6=O)C7=O)C5)CC4)CC3)c3ncnc(N)c32)cc1. The number of nitrogens with zero attached hydrogens (tertiary/aromatic N) is 8. The van der Waals surface area contributed by atoms with Gasteiger partial charge in [-0.2, -0.15) is 0 Å². The van der Waals surface area contributed by atoms with Crippen LogP contribution < -0.4 is 31.7 Å². The Morgan fingerprint density at radius 3 is 2.20 bits per heavy atom. The van der Waals surface area contributed by atoms with Gasteiger partial charge in [0.2, 0.25) is 11.8 Å². The van der Waals surface area contributed by atoms with E-state index in [1.165, 1.54) is 25.6 Å². The maximum absolute atomic E-state index is 14.3. The van der Waals surface area contributed by atoms with Crippen molar-refractivity contribution in [1.82, 2.24) is 44.4 Å². The Morgan fingerprint density at radius 2 is 1.49 bits per heavy atom. The zero-order valence-corrected chi connectivity index (χ0v) is 35.7. The zero-order chi connectivity index (χ0) is 45.1. The number of benzene rings is 3. The lowest BCUT2D eigenvalue weighted by molar-refractivity contribution is -0.136. The molecule has 65 heavy (non-hydrogen) atoms. The van der Waals surface area contributed by atoms with Gasteiger partial charge in [0, 0.05) is 76.0 Å². The summed E-state index contributed by atoms with van der Waals surface area (Å²) in [7, 11) is 1.42. The second kappa shape index (κ2) is 16.9. The minimum Gasteiger partial charge on any atom is -0.496 e. The summed E-state index contributed by atoms with van der Waals surface area (Å²) in [6.07, 6.45) is 5.20. The summed E-state index contributed by atoms with van der Waals surface area (Å²) >= 11 is 0. The van der Waals surface area contributed by atoms with E-state index in [0.29, 0.717) is 28.9 Å². The molecule has 1 unspecified atom stereocenters. The Hall–Kier alpha value is -6.99. The van der Waals surface area contributed by atoms with Crippen LogP contribution in [-0.4, -0.2) is 128 Å². The molecule has 5 amide bonds. The van der Waals surface area contributed by atoms with Gasteiger partial charge in [-0.1, -0.05) is 12.1 Å². The van der Waals surface area contributed by atoms with Crippen LogP contribution in [0.4, 0.5) is 15.9 Å². The number of hydrogen-bond donors (Lipinski definition) is 3. The molecule has 0 aliphatic carbocycles. The highest BCUT2D eigenvalue weighted by Gasteiger charge is 2.45. The molecule has 4 fully saturated rings. The van der Waals surface area contributed by atoms with Crippen LogP contribution in [0.25, 0.3) is 16.9 Å². The molecule has 5 aromatic rings. The number of halogens is 1. The fourth-order valence-corrected chi connectivity index (χ4v) is 10.2. The summed E-state index contributed by atoms with van der Waals surface area (Å²) < 4.78 is 22.4. The van der Waals surface area contributed by atoms with Crippen molar-refractivity contribution < 1.29 is 33.1 Å². The van der Waals surface area contributed by atoms with Crippen molar-refractivity contribution >= 4 is 52.2 Å². The third-order valence-corrected chi connectivity index (χ3v) is 13.8. The highest BCUT2D eigenvalue weighted by atomic mass is 19.1. The second-order valence-electron chi connectivity index (χ2n) is 17.4. The van der Waals surface area contributed by atoms with Crippen LogP contribution in [0.2, 0.25) is 0 Å². The molecule has 19 heteroatoms. The van der Waals surface area contributed by atoms with Gasteiger partial charge in [-0.25, -0.2) is 19.2 Å². The van der Waals surface area contributed by atoms with Crippen LogP contribution in [0, 0.1) is 5.82 Å². The van der Waals surface area contributed by atoms with Gasteiger partial charge in [0.05, 0.1) is 29.5 Å². The number of nitrogen functional groups attached to an aromatic ring is 1. The number of hydrogen-bond acceptors (Lipinski definition) is 13. The number of amides is 5. The molecule has 5 aliphatic heterocycles. The molecule has 18 nitrogen and oxygen atoms in total. The lowest BCUT2D eigenvalue weighted by atomic mass is 9.95. The van der Waals surface area contributed by atoms with Gasteiger partial charge < -0.3 is 25.6 Å². The molecule has 336 valence electrons. The summed E-state index contributed by atoms with van der Waals surface area (Å²) in [6, 6.07) is 16.0. The Bertz CT molecular complexity index is 2810. The van der Waals surface area contributed by atoms with Crippen LogP contribution in [0.15, 0.2) is 71.8 Å². The van der Waals surface area contributed by atoms with Crippen LogP contribution in [0.3, 0.4) is 0 Å². The number of imide groups is 2. The van der Waals surface area contributed by atoms with Gasteiger partial charge >= 0.3 is 5.69 Å². The van der Waals surface area contributed by atoms with E-state index in [9.17, 15) is 33.2 Å². The molecule has 3 aromatic carbocycles. The summed E-state index contributed by atoms with van der Waals surface area (Å²) in [4.78, 5) is 94.9. The highest BCUT2D eigenvalue weighted by Crippen LogP contribution is 2.35. The van der Waals surface area contributed by atoms with Crippen LogP contribution in [0.5, 0.6) is 5.75 Å². The van der Waals surface area contributed by atoms with E-state index in [-0.39, 0.29) is 59.4 Å². The monoisotopic (exact) mass is 885 g/mol. The molecule has 10 rings (SSSR count). The van der Waals surface area contributed by atoms with Crippen LogP contribution in [0.1, 0.15) is 81.2 Å². The van der Waals surface area contributed by atoms with E-state index in [1.807, 2.05) is 6.07 Å². The van der Waals surface area contributed by atoms with Crippen LogP contribution in [-0.2, 0) is 16.1 Å². The number of carbonyl (C=O) groups excluding carboxylic acids is 5. The lowest BCUT2D eigenvalue weighted by Crippen LogP contribution is -2.62. The number of ether oxygens (including phenoxy) is 1. The number of nitrogens with two attached hydrogens (primary N) is 1. The molecule has 4 N–H and O–H groups in total. The molecule has 0 bridgehead atoms. The molecule has 5 aliphatic rings. The first kappa shape index (κ1) is 42.0. The van der Waals surface area contributed by atoms with E-state index in [2.05, 4.69) is 35.3 Å². The zero-order valence-electron chi connectivity index (χ0n) is 35.7. The minimum atomic E-state index is -0.991. The number of imidazole rings is 1. The van der Waals surface area contributed by atoms with Crippen molar-refractivity contribution in [2.24, 2.45) is 0 Å². The van der Waals surface area contributed by atoms with Gasteiger partial charge in [0.1, 0.15) is 29.5 Å². The van der Waals surface area contributed by atoms with Crippen molar-refractivity contribution in [1.29, 1.82) is 0 Å². The number of nitrogens with one attached hydrogen (secondary N) is 2. The predicted molar refractivity (Wildman–Crippen MR) is 235 cm³/mol. The van der Waals surface area contributed by atoms with E-state index >= 15 is 0 Å².